The van der Waals surface area contributed by atoms with Gasteiger partial charge in [-0.15, -0.1) is 0 Å². The molecule has 1 aromatic rings. The number of benzene rings is 1. The zero-order valence-electron chi connectivity index (χ0n) is 7.83. The third-order valence-electron chi connectivity index (χ3n) is 1.98. The lowest BCUT2D eigenvalue weighted by Gasteiger charge is -2.03. The summed E-state index contributed by atoms with van der Waals surface area (Å²) >= 11 is 0. The van der Waals surface area contributed by atoms with E-state index < -0.39 is 15.7 Å². The molecule has 0 bridgehead atoms. The van der Waals surface area contributed by atoms with E-state index in [-0.39, 0.29) is 17.2 Å². The first-order valence-electron chi connectivity index (χ1n) is 4.22. The van der Waals surface area contributed by atoms with Gasteiger partial charge in [0.15, 0.2) is 9.84 Å². The summed E-state index contributed by atoms with van der Waals surface area (Å²) in [5.41, 5.74) is 5.57. The SMILES string of the molecule is CCS(=O)(=O)c1ccc(CN)c(F)c1. The third kappa shape index (κ3) is 2.10. The van der Waals surface area contributed by atoms with Gasteiger partial charge in [0.2, 0.25) is 0 Å². The second-order valence-corrected chi connectivity index (χ2v) is 5.14. The van der Waals surface area contributed by atoms with Gasteiger partial charge in [-0.3, -0.25) is 0 Å². The highest BCUT2D eigenvalue weighted by molar-refractivity contribution is 7.91. The first-order chi connectivity index (χ1) is 6.51. The van der Waals surface area contributed by atoms with Crippen LogP contribution in [-0.4, -0.2) is 14.2 Å². The fraction of sp³-hybridized carbons (Fsp3) is 0.333. The summed E-state index contributed by atoms with van der Waals surface area (Å²) in [5, 5.41) is 0. The minimum absolute atomic E-state index is 0.00898. The van der Waals surface area contributed by atoms with Crippen molar-refractivity contribution in [3.05, 3.63) is 29.6 Å². The van der Waals surface area contributed by atoms with Gasteiger partial charge in [-0.1, -0.05) is 13.0 Å². The van der Waals surface area contributed by atoms with Crippen LogP contribution in [-0.2, 0) is 16.4 Å². The fourth-order valence-corrected chi connectivity index (χ4v) is 1.95. The van der Waals surface area contributed by atoms with Gasteiger partial charge in [-0.25, -0.2) is 12.8 Å². The normalized spacial score (nSPS) is 11.6. The largest absolute Gasteiger partial charge is 0.326 e. The molecule has 3 nitrogen and oxygen atoms in total. The van der Waals surface area contributed by atoms with Crippen LogP contribution in [0, 0.1) is 5.82 Å². The summed E-state index contributed by atoms with van der Waals surface area (Å²) in [4.78, 5) is 0.00898. The van der Waals surface area contributed by atoms with E-state index in [0.717, 1.165) is 6.07 Å². The van der Waals surface area contributed by atoms with Crippen molar-refractivity contribution in [1.82, 2.24) is 0 Å². The smallest absolute Gasteiger partial charge is 0.178 e. The van der Waals surface area contributed by atoms with Gasteiger partial charge in [0.25, 0.3) is 0 Å². The second-order valence-electron chi connectivity index (χ2n) is 2.86. The quantitative estimate of drug-likeness (QED) is 0.824. The zero-order chi connectivity index (χ0) is 10.8. The molecule has 0 aromatic heterocycles. The molecular formula is C9H12FNO2S. The zero-order valence-corrected chi connectivity index (χ0v) is 8.64. The van der Waals surface area contributed by atoms with E-state index in [0.29, 0.717) is 5.56 Å². The number of halogens is 1. The first-order valence-corrected chi connectivity index (χ1v) is 5.87. The Morgan fingerprint density at radius 3 is 2.50 bits per heavy atom. The molecule has 0 spiro atoms. The minimum Gasteiger partial charge on any atom is -0.326 e. The van der Waals surface area contributed by atoms with Crippen molar-refractivity contribution >= 4 is 9.84 Å². The maximum Gasteiger partial charge on any atom is 0.178 e. The van der Waals surface area contributed by atoms with Crippen LogP contribution >= 0.6 is 0 Å². The first kappa shape index (κ1) is 11.1. The molecule has 5 heteroatoms. The molecule has 0 fully saturated rings. The molecule has 0 saturated heterocycles. The Balaban J connectivity index is 3.22. The molecule has 0 unspecified atom stereocenters. The molecule has 1 rings (SSSR count). The van der Waals surface area contributed by atoms with E-state index in [9.17, 15) is 12.8 Å². The highest BCUT2D eigenvalue weighted by atomic mass is 32.2. The van der Waals surface area contributed by atoms with Crippen LogP contribution in [0.3, 0.4) is 0 Å². The molecular weight excluding hydrogens is 205 g/mol. The lowest BCUT2D eigenvalue weighted by Crippen LogP contribution is -2.06. The molecule has 0 saturated carbocycles. The highest BCUT2D eigenvalue weighted by Gasteiger charge is 2.13. The van der Waals surface area contributed by atoms with Gasteiger partial charge in [0, 0.05) is 12.1 Å². The lowest BCUT2D eigenvalue weighted by molar-refractivity contribution is 0.587. The fourth-order valence-electron chi connectivity index (χ4n) is 1.05. The van der Waals surface area contributed by atoms with E-state index >= 15 is 0 Å². The van der Waals surface area contributed by atoms with Crippen LogP contribution < -0.4 is 5.73 Å². The van der Waals surface area contributed by atoms with E-state index in [1.165, 1.54) is 19.1 Å². The molecule has 0 radical (unpaired) electrons. The van der Waals surface area contributed by atoms with Crippen LogP contribution in [0.2, 0.25) is 0 Å². The van der Waals surface area contributed by atoms with Crippen molar-refractivity contribution in [3.63, 3.8) is 0 Å². The molecule has 0 amide bonds. The van der Waals surface area contributed by atoms with Crippen LogP contribution in [0.15, 0.2) is 23.1 Å². The summed E-state index contributed by atoms with van der Waals surface area (Å²) in [6, 6.07) is 3.79. The molecule has 0 heterocycles. The van der Waals surface area contributed by atoms with Gasteiger partial charge >= 0.3 is 0 Å². The Morgan fingerprint density at radius 1 is 1.43 bits per heavy atom. The van der Waals surface area contributed by atoms with Crippen molar-refractivity contribution in [1.29, 1.82) is 0 Å². The van der Waals surface area contributed by atoms with Crippen molar-refractivity contribution < 1.29 is 12.8 Å². The number of hydrogen-bond acceptors (Lipinski definition) is 3. The number of hydrogen-bond donors (Lipinski definition) is 1. The maximum atomic E-state index is 13.2. The summed E-state index contributed by atoms with van der Waals surface area (Å²) in [5.74, 6) is -0.601. The predicted octanol–water partition coefficient (Wildman–Crippen LogP) is 1.08. The van der Waals surface area contributed by atoms with E-state index in [1.54, 1.807) is 0 Å². The molecule has 0 atom stereocenters. The summed E-state index contributed by atoms with van der Waals surface area (Å²) in [6.07, 6.45) is 0. The number of rotatable bonds is 3. The molecule has 2 N–H and O–H groups in total. The van der Waals surface area contributed by atoms with Gasteiger partial charge in [0.1, 0.15) is 5.82 Å². The Labute approximate surface area is 82.7 Å². The summed E-state index contributed by atoms with van der Waals surface area (Å²) in [6.45, 7) is 1.59. The molecule has 78 valence electrons. The third-order valence-corrected chi connectivity index (χ3v) is 3.72. The van der Waals surface area contributed by atoms with E-state index in [1.807, 2.05) is 0 Å². The van der Waals surface area contributed by atoms with Gasteiger partial charge in [-0.05, 0) is 12.1 Å². The Bertz CT molecular complexity index is 428. The van der Waals surface area contributed by atoms with Gasteiger partial charge in [-0.2, -0.15) is 0 Å². The Hall–Kier alpha value is -0.940. The van der Waals surface area contributed by atoms with Gasteiger partial charge in [0.05, 0.1) is 10.6 Å². The molecule has 0 aliphatic heterocycles. The monoisotopic (exact) mass is 217 g/mol. The van der Waals surface area contributed by atoms with Gasteiger partial charge < -0.3 is 5.73 Å². The number of nitrogens with two attached hydrogens (primary N) is 1. The molecule has 1 aromatic carbocycles. The summed E-state index contributed by atoms with van der Waals surface area (Å²) in [7, 11) is -3.33. The second kappa shape index (κ2) is 4.06. The van der Waals surface area contributed by atoms with Crippen LogP contribution in [0.4, 0.5) is 4.39 Å². The minimum atomic E-state index is -3.33. The average molecular weight is 217 g/mol. The van der Waals surface area contributed by atoms with Crippen LogP contribution in [0.5, 0.6) is 0 Å². The predicted molar refractivity (Wildman–Crippen MR) is 52.0 cm³/mol. The van der Waals surface area contributed by atoms with Crippen molar-refractivity contribution in [2.75, 3.05) is 5.75 Å². The molecule has 0 aliphatic rings. The Morgan fingerprint density at radius 2 is 2.07 bits per heavy atom. The Kier molecular flexibility index (Phi) is 3.23. The van der Waals surface area contributed by atoms with Crippen LogP contribution in [0.25, 0.3) is 0 Å². The highest BCUT2D eigenvalue weighted by Crippen LogP contribution is 2.15. The topological polar surface area (TPSA) is 60.2 Å². The van der Waals surface area contributed by atoms with E-state index in [2.05, 4.69) is 0 Å². The summed E-state index contributed by atoms with van der Waals surface area (Å²) < 4.78 is 35.9. The van der Waals surface area contributed by atoms with Crippen molar-refractivity contribution in [2.24, 2.45) is 5.73 Å². The van der Waals surface area contributed by atoms with Crippen molar-refractivity contribution in [2.45, 2.75) is 18.4 Å². The lowest BCUT2D eigenvalue weighted by atomic mass is 10.2. The molecule has 14 heavy (non-hydrogen) atoms. The number of sulfone groups is 1. The van der Waals surface area contributed by atoms with Crippen LogP contribution in [0.1, 0.15) is 12.5 Å². The van der Waals surface area contributed by atoms with E-state index in [4.69, 9.17) is 5.73 Å². The standard InChI is InChI=1S/C9H12FNO2S/c1-2-14(12,13)8-4-3-7(6-11)9(10)5-8/h3-5H,2,6,11H2,1H3. The van der Waals surface area contributed by atoms with Crippen molar-refractivity contribution in [3.8, 4) is 0 Å². The average Bonchev–Trinajstić information content (AvgIpc) is 2.17. The maximum absolute atomic E-state index is 13.2. The molecule has 0 aliphatic carbocycles.